The average Bonchev–Trinajstić information content (AvgIpc) is 2.68. The predicted molar refractivity (Wildman–Crippen MR) is 64.1 cm³/mol. The van der Waals surface area contributed by atoms with Gasteiger partial charge >= 0.3 is 0 Å². The largest absolute Gasteiger partial charge is 0.328 e. The van der Waals surface area contributed by atoms with Crippen molar-refractivity contribution in [2.75, 3.05) is 6.54 Å². The lowest BCUT2D eigenvalue weighted by Gasteiger charge is -2.24. The highest BCUT2D eigenvalue weighted by Gasteiger charge is 2.34. The van der Waals surface area contributed by atoms with Gasteiger partial charge in [0.1, 0.15) is 0 Å². The fraction of sp³-hybridized carbons (Fsp3) is 0.385. The normalized spacial score (nSPS) is 17.6. The van der Waals surface area contributed by atoms with Crippen LogP contribution in [0.4, 0.5) is 0 Å². The summed E-state index contributed by atoms with van der Waals surface area (Å²) in [6, 6.07) is 9.57. The summed E-state index contributed by atoms with van der Waals surface area (Å²) in [6.45, 7) is 0.312. The number of nitrogens with zero attached hydrogens (tertiary/aromatic N) is 1. The number of likely N-dealkylation sites (tertiary alicyclic amines) is 1. The van der Waals surface area contributed by atoms with Crippen molar-refractivity contribution in [1.82, 2.24) is 4.90 Å². The Bertz CT molecular complexity index is 401. The van der Waals surface area contributed by atoms with Crippen LogP contribution in [0, 0.1) is 0 Å². The molecule has 1 saturated heterocycles. The second kappa shape index (κ2) is 5.10. The predicted octanol–water partition coefficient (Wildman–Crippen LogP) is 0.705. The third-order valence-corrected chi connectivity index (χ3v) is 3.04. The van der Waals surface area contributed by atoms with Crippen molar-refractivity contribution < 1.29 is 9.59 Å². The molecule has 1 heterocycles. The van der Waals surface area contributed by atoms with Gasteiger partial charge < -0.3 is 5.73 Å². The fourth-order valence-electron chi connectivity index (χ4n) is 2.17. The lowest BCUT2D eigenvalue weighted by Crippen LogP contribution is -2.45. The first-order chi connectivity index (χ1) is 8.22. The monoisotopic (exact) mass is 232 g/mol. The molecule has 0 aromatic heterocycles. The van der Waals surface area contributed by atoms with E-state index in [1.165, 1.54) is 4.90 Å². The summed E-state index contributed by atoms with van der Waals surface area (Å²) in [5.41, 5.74) is 6.77. The minimum Gasteiger partial charge on any atom is -0.328 e. The molecule has 0 aliphatic carbocycles. The summed E-state index contributed by atoms with van der Waals surface area (Å²) in [4.78, 5) is 24.6. The Hall–Kier alpha value is -1.68. The van der Waals surface area contributed by atoms with E-state index in [0.29, 0.717) is 25.8 Å². The van der Waals surface area contributed by atoms with Gasteiger partial charge in [0.2, 0.25) is 11.8 Å². The molecule has 0 spiro atoms. The maximum absolute atomic E-state index is 11.6. The van der Waals surface area contributed by atoms with E-state index >= 15 is 0 Å². The number of carbonyl (C=O) groups excluding carboxylic acids is 2. The molecule has 1 aromatic carbocycles. The maximum atomic E-state index is 11.6. The molecule has 0 radical (unpaired) electrons. The minimum atomic E-state index is -0.208. The molecular formula is C13H16N2O2. The van der Waals surface area contributed by atoms with Gasteiger partial charge in [-0.2, -0.15) is 0 Å². The molecule has 1 unspecified atom stereocenters. The molecule has 2 amide bonds. The van der Waals surface area contributed by atoms with E-state index in [0.717, 1.165) is 5.56 Å². The minimum absolute atomic E-state index is 0.0959. The summed E-state index contributed by atoms with van der Waals surface area (Å²) >= 11 is 0. The van der Waals surface area contributed by atoms with E-state index in [1.54, 1.807) is 0 Å². The summed E-state index contributed by atoms with van der Waals surface area (Å²) in [5, 5.41) is 0. The van der Waals surface area contributed by atoms with E-state index in [2.05, 4.69) is 0 Å². The molecule has 1 aliphatic heterocycles. The van der Waals surface area contributed by atoms with Gasteiger partial charge in [-0.3, -0.25) is 14.5 Å². The number of carbonyl (C=O) groups is 2. The molecule has 0 saturated carbocycles. The smallest absolute Gasteiger partial charge is 0.229 e. The zero-order chi connectivity index (χ0) is 12.3. The Morgan fingerprint density at radius 2 is 1.71 bits per heavy atom. The van der Waals surface area contributed by atoms with Gasteiger partial charge in [0.25, 0.3) is 0 Å². The van der Waals surface area contributed by atoms with Crippen LogP contribution in [0.2, 0.25) is 0 Å². The topological polar surface area (TPSA) is 63.4 Å². The van der Waals surface area contributed by atoms with Gasteiger partial charge in [-0.05, 0) is 12.0 Å². The van der Waals surface area contributed by atoms with Crippen LogP contribution in [-0.4, -0.2) is 29.3 Å². The molecule has 0 bridgehead atoms. The van der Waals surface area contributed by atoms with Gasteiger partial charge in [-0.25, -0.2) is 0 Å². The molecule has 4 heteroatoms. The van der Waals surface area contributed by atoms with Crippen molar-refractivity contribution >= 4 is 11.8 Å². The first-order valence-electron chi connectivity index (χ1n) is 5.81. The Kier molecular flexibility index (Phi) is 3.54. The van der Waals surface area contributed by atoms with Gasteiger partial charge in [0.15, 0.2) is 0 Å². The molecule has 1 aliphatic rings. The molecule has 90 valence electrons. The zero-order valence-corrected chi connectivity index (χ0v) is 9.63. The van der Waals surface area contributed by atoms with Gasteiger partial charge in [-0.15, -0.1) is 0 Å². The lowest BCUT2D eigenvalue weighted by atomic mass is 10.0. The molecule has 2 rings (SSSR count). The van der Waals surface area contributed by atoms with Crippen LogP contribution in [0.3, 0.4) is 0 Å². The van der Waals surface area contributed by atoms with Crippen LogP contribution in [-0.2, 0) is 16.0 Å². The molecule has 2 N–H and O–H groups in total. The number of hydrogen-bond donors (Lipinski definition) is 1. The fourth-order valence-corrected chi connectivity index (χ4v) is 2.17. The molecule has 1 fully saturated rings. The van der Waals surface area contributed by atoms with Crippen molar-refractivity contribution in [3.63, 3.8) is 0 Å². The number of benzene rings is 1. The number of imide groups is 1. The van der Waals surface area contributed by atoms with E-state index in [-0.39, 0.29) is 17.9 Å². The van der Waals surface area contributed by atoms with Crippen molar-refractivity contribution in [3.05, 3.63) is 35.9 Å². The molecule has 1 atom stereocenters. The zero-order valence-electron chi connectivity index (χ0n) is 9.63. The Morgan fingerprint density at radius 3 is 2.24 bits per heavy atom. The SMILES string of the molecule is NCC(Cc1ccccc1)N1C(=O)CCC1=O. The summed E-state index contributed by atoms with van der Waals surface area (Å²) in [6.07, 6.45) is 1.28. The number of hydrogen-bond acceptors (Lipinski definition) is 3. The van der Waals surface area contributed by atoms with E-state index < -0.39 is 0 Å². The number of rotatable bonds is 4. The highest BCUT2D eigenvalue weighted by atomic mass is 16.2. The Morgan fingerprint density at radius 1 is 1.12 bits per heavy atom. The van der Waals surface area contributed by atoms with Crippen LogP contribution in [0.1, 0.15) is 18.4 Å². The van der Waals surface area contributed by atoms with E-state index in [1.807, 2.05) is 30.3 Å². The van der Waals surface area contributed by atoms with Crippen molar-refractivity contribution in [2.45, 2.75) is 25.3 Å². The third-order valence-electron chi connectivity index (χ3n) is 3.04. The summed E-state index contributed by atoms with van der Waals surface area (Å²) in [7, 11) is 0. The van der Waals surface area contributed by atoms with Crippen LogP contribution >= 0.6 is 0 Å². The van der Waals surface area contributed by atoms with Crippen LogP contribution in [0.25, 0.3) is 0 Å². The van der Waals surface area contributed by atoms with Crippen LogP contribution < -0.4 is 5.73 Å². The second-order valence-electron chi connectivity index (χ2n) is 4.24. The number of amides is 2. The van der Waals surface area contributed by atoms with E-state index in [9.17, 15) is 9.59 Å². The van der Waals surface area contributed by atoms with Crippen LogP contribution in [0.15, 0.2) is 30.3 Å². The number of nitrogens with two attached hydrogens (primary N) is 1. The van der Waals surface area contributed by atoms with E-state index in [4.69, 9.17) is 5.73 Å². The van der Waals surface area contributed by atoms with Gasteiger partial charge in [-0.1, -0.05) is 30.3 Å². The highest BCUT2D eigenvalue weighted by Crippen LogP contribution is 2.17. The quantitative estimate of drug-likeness (QED) is 0.777. The molecule has 1 aromatic rings. The molecule has 17 heavy (non-hydrogen) atoms. The second-order valence-corrected chi connectivity index (χ2v) is 4.24. The van der Waals surface area contributed by atoms with Crippen molar-refractivity contribution in [3.8, 4) is 0 Å². The van der Waals surface area contributed by atoms with Gasteiger partial charge in [0.05, 0.1) is 6.04 Å². The Balaban J connectivity index is 2.11. The van der Waals surface area contributed by atoms with Crippen molar-refractivity contribution in [2.24, 2.45) is 5.73 Å². The summed E-state index contributed by atoms with van der Waals surface area (Å²) < 4.78 is 0. The first kappa shape index (κ1) is 11.8. The maximum Gasteiger partial charge on any atom is 0.229 e. The molecular weight excluding hydrogens is 216 g/mol. The Labute approximate surface area is 100 Å². The lowest BCUT2D eigenvalue weighted by molar-refractivity contribution is -0.140. The average molecular weight is 232 g/mol. The van der Waals surface area contributed by atoms with Crippen molar-refractivity contribution in [1.29, 1.82) is 0 Å². The van der Waals surface area contributed by atoms with Gasteiger partial charge in [0, 0.05) is 19.4 Å². The van der Waals surface area contributed by atoms with Crippen LogP contribution in [0.5, 0.6) is 0 Å². The third kappa shape index (κ3) is 2.53. The summed E-state index contributed by atoms with van der Waals surface area (Å²) in [5.74, 6) is -0.192. The highest BCUT2D eigenvalue weighted by molar-refractivity contribution is 6.02. The standard InChI is InChI=1S/C13H16N2O2/c14-9-11(8-10-4-2-1-3-5-10)15-12(16)6-7-13(15)17/h1-5,11H,6-9,14H2. The molecule has 4 nitrogen and oxygen atoms in total. The first-order valence-corrected chi connectivity index (χ1v) is 5.81.